The van der Waals surface area contributed by atoms with E-state index < -0.39 is 0 Å². The van der Waals surface area contributed by atoms with E-state index in [1.165, 1.54) is 0 Å². The number of nitrogens with one attached hydrogen (secondary N) is 2. The highest BCUT2D eigenvalue weighted by atomic mass is 16.2. The van der Waals surface area contributed by atoms with Gasteiger partial charge in [0.15, 0.2) is 5.69 Å². The summed E-state index contributed by atoms with van der Waals surface area (Å²) in [7, 11) is 0. The second-order valence-electron chi connectivity index (χ2n) is 4.05. The van der Waals surface area contributed by atoms with Crippen LogP contribution in [-0.4, -0.2) is 25.9 Å². The number of carbonyl (C=O) groups excluding carboxylic acids is 1. The van der Waals surface area contributed by atoms with Crippen LogP contribution in [0.25, 0.3) is 0 Å². The van der Waals surface area contributed by atoms with Crippen LogP contribution in [0.3, 0.4) is 0 Å². The Hall–Kier alpha value is -2.31. The summed E-state index contributed by atoms with van der Waals surface area (Å²) in [6.07, 6.45) is 1.64. The molecule has 0 aliphatic carbocycles. The number of hydrogen-bond acceptors (Lipinski definition) is 4. The first-order chi connectivity index (χ1) is 8.52. The summed E-state index contributed by atoms with van der Waals surface area (Å²) < 4.78 is 1.62. The molecule has 18 heavy (non-hydrogen) atoms. The maximum Gasteiger partial charge on any atom is 0.278 e. The number of aromatic amines is 1. The lowest BCUT2D eigenvalue weighted by molar-refractivity contribution is 0.102. The first-order valence-electron chi connectivity index (χ1n) is 5.68. The average Bonchev–Trinajstić information content (AvgIpc) is 2.86. The van der Waals surface area contributed by atoms with E-state index >= 15 is 0 Å². The topological polar surface area (TPSA) is 102 Å². The number of nitrogen functional groups attached to an aromatic ring is 1. The van der Waals surface area contributed by atoms with Gasteiger partial charge in [0.25, 0.3) is 5.91 Å². The predicted octanol–water partition coefficient (Wildman–Crippen LogP) is 1.08. The van der Waals surface area contributed by atoms with Crippen molar-refractivity contribution < 1.29 is 4.79 Å². The molecular formula is C11H16N6O. The van der Waals surface area contributed by atoms with E-state index in [-0.39, 0.29) is 11.6 Å². The quantitative estimate of drug-likeness (QED) is 0.756. The van der Waals surface area contributed by atoms with Crippen molar-refractivity contribution in [2.24, 2.45) is 0 Å². The molecule has 0 fully saturated rings. The van der Waals surface area contributed by atoms with Crippen molar-refractivity contribution >= 4 is 17.3 Å². The molecule has 0 spiro atoms. The van der Waals surface area contributed by atoms with Gasteiger partial charge in [-0.3, -0.25) is 14.6 Å². The van der Waals surface area contributed by atoms with Gasteiger partial charge in [0.05, 0.1) is 22.8 Å². The van der Waals surface area contributed by atoms with Crippen LogP contribution < -0.4 is 11.1 Å². The molecule has 1 amide bonds. The largest absolute Gasteiger partial charge is 0.396 e. The summed E-state index contributed by atoms with van der Waals surface area (Å²) in [5.74, 6) is -0.327. The molecule has 7 nitrogen and oxygen atoms in total. The van der Waals surface area contributed by atoms with Crippen LogP contribution >= 0.6 is 0 Å². The van der Waals surface area contributed by atoms with Crippen molar-refractivity contribution in [1.29, 1.82) is 0 Å². The Kier molecular flexibility index (Phi) is 3.05. The molecule has 2 aromatic heterocycles. The fourth-order valence-corrected chi connectivity index (χ4v) is 1.68. The van der Waals surface area contributed by atoms with E-state index in [0.717, 1.165) is 11.4 Å². The minimum Gasteiger partial charge on any atom is -0.396 e. The van der Waals surface area contributed by atoms with Gasteiger partial charge in [-0.2, -0.15) is 10.2 Å². The normalized spacial score (nSPS) is 10.6. The summed E-state index contributed by atoms with van der Waals surface area (Å²) >= 11 is 0. The number of rotatable bonds is 3. The van der Waals surface area contributed by atoms with Gasteiger partial charge < -0.3 is 11.1 Å². The number of aryl methyl sites for hydroxylation is 3. The number of hydrogen-bond donors (Lipinski definition) is 3. The first kappa shape index (κ1) is 12.2. The zero-order valence-corrected chi connectivity index (χ0v) is 10.6. The van der Waals surface area contributed by atoms with Gasteiger partial charge in [0.1, 0.15) is 0 Å². The molecule has 7 heteroatoms. The lowest BCUT2D eigenvalue weighted by atomic mass is 10.3. The first-order valence-corrected chi connectivity index (χ1v) is 5.68. The molecule has 0 aliphatic rings. The molecule has 0 saturated carbocycles. The second-order valence-corrected chi connectivity index (χ2v) is 4.05. The fraction of sp³-hybridized carbons (Fsp3) is 0.364. The molecule has 0 aromatic carbocycles. The number of carbonyl (C=O) groups is 1. The molecule has 0 saturated heterocycles. The summed E-state index contributed by atoms with van der Waals surface area (Å²) in [6.45, 7) is 6.25. The lowest BCUT2D eigenvalue weighted by Gasteiger charge is -2.03. The summed E-state index contributed by atoms with van der Waals surface area (Å²) in [6, 6.07) is 0. The Bertz CT molecular complexity index is 563. The summed E-state index contributed by atoms with van der Waals surface area (Å²) in [4.78, 5) is 12.1. The molecule has 2 heterocycles. The van der Waals surface area contributed by atoms with Crippen LogP contribution in [0.4, 0.5) is 11.4 Å². The van der Waals surface area contributed by atoms with Gasteiger partial charge >= 0.3 is 0 Å². The molecule has 2 aromatic rings. The van der Waals surface area contributed by atoms with Gasteiger partial charge in [-0.1, -0.05) is 0 Å². The maximum atomic E-state index is 12.1. The molecule has 2 rings (SSSR count). The molecule has 0 radical (unpaired) electrons. The van der Waals surface area contributed by atoms with Crippen LogP contribution in [0.5, 0.6) is 0 Å². The highest BCUT2D eigenvalue weighted by Gasteiger charge is 2.17. The van der Waals surface area contributed by atoms with E-state index in [0.29, 0.717) is 17.9 Å². The smallest absolute Gasteiger partial charge is 0.278 e. The maximum absolute atomic E-state index is 12.1. The lowest BCUT2D eigenvalue weighted by Crippen LogP contribution is -2.15. The van der Waals surface area contributed by atoms with E-state index in [9.17, 15) is 4.79 Å². The minimum absolute atomic E-state index is 0.233. The number of H-pyrrole nitrogens is 1. The standard InChI is InChI=1S/C11H16N6O/c1-4-17-5-8(12)10(16-17)11(18)13-9-6(2)14-15-7(9)3/h5H,4,12H2,1-3H3,(H,13,18)(H,14,15). The predicted molar refractivity (Wildman–Crippen MR) is 68.3 cm³/mol. The van der Waals surface area contributed by atoms with Crippen molar-refractivity contribution in [3.8, 4) is 0 Å². The number of aromatic nitrogens is 4. The van der Waals surface area contributed by atoms with Crippen molar-refractivity contribution in [2.45, 2.75) is 27.3 Å². The number of anilines is 2. The van der Waals surface area contributed by atoms with E-state index in [4.69, 9.17) is 5.73 Å². The van der Waals surface area contributed by atoms with Crippen LogP contribution in [0.15, 0.2) is 6.20 Å². The number of nitrogens with two attached hydrogens (primary N) is 1. The van der Waals surface area contributed by atoms with Crippen molar-refractivity contribution in [3.05, 3.63) is 23.3 Å². The van der Waals surface area contributed by atoms with Gasteiger partial charge in [0, 0.05) is 12.7 Å². The van der Waals surface area contributed by atoms with Crippen LogP contribution in [-0.2, 0) is 6.54 Å². The number of amides is 1. The number of nitrogens with zero attached hydrogens (tertiary/aromatic N) is 3. The van der Waals surface area contributed by atoms with Crippen LogP contribution in [0, 0.1) is 13.8 Å². The SMILES string of the molecule is CCn1cc(N)c(C(=O)Nc2c(C)n[nH]c2C)n1. The van der Waals surface area contributed by atoms with E-state index in [1.54, 1.807) is 10.9 Å². The van der Waals surface area contributed by atoms with Crippen molar-refractivity contribution in [2.75, 3.05) is 11.1 Å². The third-order valence-electron chi connectivity index (χ3n) is 2.70. The highest BCUT2D eigenvalue weighted by Crippen LogP contribution is 2.18. The van der Waals surface area contributed by atoms with Gasteiger partial charge in [-0.05, 0) is 20.8 Å². The highest BCUT2D eigenvalue weighted by molar-refractivity contribution is 6.06. The van der Waals surface area contributed by atoms with Crippen LogP contribution in [0.1, 0.15) is 28.8 Å². The fourth-order valence-electron chi connectivity index (χ4n) is 1.68. The van der Waals surface area contributed by atoms with Crippen molar-refractivity contribution in [1.82, 2.24) is 20.0 Å². The summed E-state index contributed by atoms with van der Waals surface area (Å²) in [5.41, 5.74) is 8.56. The molecule has 0 aliphatic heterocycles. The molecular weight excluding hydrogens is 232 g/mol. The molecule has 4 N–H and O–H groups in total. The Labute approximate surface area is 104 Å². The molecule has 0 bridgehead atoms. The van der Waals surface area contributed by atoms with E-state index in [1.807, 2.05) is 20.8 Å². The summed E-state index contributed by atoms with van der Waals surface area (Å²) in [5, 5.41) is 13.7. The third-order valence-corrected chi connectivity index (χ3v) is 2.70. The van der Waals surface area contributed by atoms with Gasteiger partial charge in [-0.25, -0.2) is 0 Å². The molecule has 0 atom stereocenters. The van der Waals surface area contributed by atoms with Gasteiger partial charge in [0.2, 0.25) is 0 Å². The Morgan fingerprint density at radius 2 is 2.28 bits per heavy atom. The Morgan fingerprint density at radius 1 is 1.56 bits per heavy atom. The van der Waals surface area contributed by atoms with Crippen LogP contribution in [0.2, 0.25) is 0 Å². The zero-order valence-electron chi connectivity index (χ0n) is 10.6. The second kappa shape index (κ2) is 4.52. The van der Waals surface area contributed by atoms with Gasteiger partial charge in [-0.15, -0.1) is 0 Å². The molecule has 96 valence electrons. The third kappa shape index (κ3) is 2.06. The average molecular weight is 248 g/mol. The Morgan fingerprint density at radius 3 is 2.78 bits per heavy atom. The Balaban J connectivity index is 2.24. The zero-order chi connectivity index (χ0) is 13.3. The monoisotopic (exact) mass is 248 g/mol. The minimum atomic E-state index is -0.327. The molecule has 0 unspecified atom stereocenters. The van der Waals surface area contributed by atoms with Crippen molar-refractivity contribution in [3.63, 3.8) is 0 Å². The van der Waals surface area contributed by atoms with E-state index in [2.05, 4.69) is 20.6 Å².